The lowest BCUT2D eigenvalue weighted by Gasteiger charge is -2.28. The van der Waals surface area contributed by atoms with Gasteiger partial charge in [-0.3, -0.25) is 0 Å². The highest BCUT2D eigenvalue weighted by molar-refractivity contribution is 6.24. The summed E-state index contributed by atoms with van der Waals surface area (Å²) in [5.74, 6) is 0. The van der Waals surface area contributed by atoms with Crippen molar-refractivity contribution < 1.29 is 13.3 Å². The molecule has 64 heavy (non-hydrogen) atoms. The number of anilines is 3. The van der Waals surface area contributed by atoms with Crippen molar-refractivity contribution in [1.29, 1.82) is 0 Å². The van der Waals surface area contributed by atoms with Gasteiger partial charge in [0.25, 0.3) is 0 Å². The predicted molar refractivity (Wildman–Crippen MR) is 264 cm³/mol. The van der Waals surface area contributed by atoms with E-state index in [0.717, 1.165) is 94.0 Å². The van der Waals surface area contributed by atoms with Gasteiger partial charge in [-0.15, -0.1) is 0 Å². The first-order valence-corrected chi connectivity index (χ1v) is 22.2. The standard InChI is InChI=1S/C60H41NO3/c1-59(2)46-19-9-5-14-37(46)39-27-24-34(30-48(39)59)55-56-43-17-8-12-23-52(43)62-54(56)33-45-44-31-35(26-29-53(44)64-58(45)55)61(50-21-13-18-42-41-16-7-11-22-51(41)63-57(42)50)36-25-28-40-38-15-6-10-20-47(38)60(3,4)49(40)32-36/h5-33H,1-4H3. The van der Waals surface area contributed by atoms with Gasteiger partial charge in [0.15, 0.2) is 5.58 Å². The van der Waals surface area contributed by atoms with Gasteiger partial charge in [0.05, 0.1) is 5.69 Å². The van der Waals surface area contributed by atoms with E-state index in [9.17, 15) is 0 Å². The molecule has 9 aromatic carbocycles. The summed E-state index contributed by atoms with van der Waals surface area (Å²) in [6.45, 7) is 9.36. The minimum Gasteiger partial charge on any atom is -0.456 e. The van der Waals surface area contributed by atoms with Crippen LogP contribution in [0.2, 0.25) is 0 Å². The number of para-hydroxylation sites is 3. The number of nitrogens with zero attached hydrogens (tertiary/aromatic N) is 1. The molecule has 0 N–H and O–H groups in total. The van der Waals surface area contributed by atoms with Crippen molar-refractivity contribution in [1.82, 2.24) is 0 Å². The lowest BCUT2D eigenvalue weighted by Crippen LogP contribution is -2.16. The monoisotopic (exact) mass is 823 g/mol. The van der Waals surface area contributed by atoms with E-state index < -0.39 is 0 Å². The Morgan fingerprint density at radius 1 is 0.359 bits per heavy atom. The average molecular weight is 824 g/mol. The fourth-order valence-electron chi connectivity index (χ4n) is 11.5. The van der Waals surface area contributed by atoms with Crippen LogP contribution in [0.5, 0.6) is 0 Å². The third-order valence-electron chi connectivity index (χ3n) is 14.7. The number of hydrogen-bond acceptors (Lipinski definition) is 4. The summed E-state index contributed by atoms with van der Waals surface area (Å²) < 4.78 is 20.6. The Balaban J connectivity index is 1.03. The largest absolute Gasteiger partial charge is 0.456 e. The van der Waals surface area contributed by atoms with Crippen LogP contribution in [-0.2, 0) is 10.8 Å². The van der Waals surface area contributed by atoms with Crippen LogP contribution in [0, 0.1) is 0 Å². The maximum atomic E-state index is 7.10. The molecule has 12 aromatic rings. The van der Waals surface area contributed by atoms with Crippen LogP contribution in [0.25, 0.3) is 99.2 Å². The van der Waals surface area contributed by atoms with Crippen LogP contribution in [0.1, 0.15) is 49.9 Å². The molecule has 0 atom stereocenters. The van der Waals surface area contributed by atoms with Crippen molar-refractivity contribution in [3.63, 3.8) is 0 Å². The van der Waals surface area contributed by atoms with E-state index in [0.29, 0.717) is 0 Å². The molecule has 2 aliphatic carbocycles. The Morgan fingerprint density at radius 2 is 0.922 bits per heavy atom. The summed E-state index contributed by atoms with van der Waals surface area (Å²) in [6.07, 6.45) is 0. The Bertz CT molecular complexity index is 3980. The van der Waals surface area contributed by atoms with Crippen LogP contribution in [0.3, 0.4) is 0 Å². The van der Waals surface area contributed by atoms with Gasteiger partial charge in [0.1, 0.15) is 27.9 Å². The SMILES string of the molecule is CC1(C)c2ccccc2-c2ccc(-c3c4oc5ccc(N(c6ccc7c(c6)C(C)(C)c6ccccc6-7)c6cccc7c6oc6ccccc67)cc5c4cc4oc5ccccc5c34)cc21. The molecule has 0 radical (unpaired) electrons. The molecule has 0 bridgehead atoms. The summed E-state index contributed by atoms with van der Waals surface area (Å²) in [4.78, 5) is 2.36. The van der Waals surface area contributed by atoms with Crippen molar-refractivity contribution in [2.45, 2.75) is 38.5 Å². The number of hydrogen-bond donors (Lipinski definition) is 0. The second-order valence-corrected chi connectivity index (χ2v) is 18.8. The third kappa shape index (κ3) is 4.67. The van der Waals surface area contributed by atoms with E-state index >= 15 is 0 Å². The summed E-state index contributed by atoms with van der Waals surface area (Å²) in [5, 5.41) is 6.34. The first-order valence-electron chi connectivity index (χ1n) is 22.2. The lowest BCUT2D eigenvalue weighted by molar-refractivity contribution is 0.660. The molecule has 0 fully saturated rings. The molecule has 3 heterocycles. The van der Waals surface area contributed by atoms with Gasteiger partial charge in [0, 0.05) is 60.1 Å². The zero-order valence-corrected chi connectivity index (χ0v) is 35.9. The van der Waals surface area contributed by atoms with E-state index in [-0.39, 0.29) is 10.8 Å². The summed E-state index contributed by atoms with van der Waals surface area (Å²) >= 11 is 0. The van der Waals surface area contributed by atoms with Gasteiger partial charge in [-0.05, 0) is 111 Å². The van der Waals surface area contributed by atoms with Crippen molar-refractivity contribution in [3.8, 4) is 33.4 Å². The molecule has 0 spiro atoms. The molecule has 4 nitrogen and oxygen atoms in total. The molecule has 0 saturated heterocycles. The van der Waals surface area contributed by atoms with Gasteiger partial charge >= 0.3 is 0 Å². The van der Waals surface area contributed by atoms with E-state index in [2.05, 4.69) is 196 Å². The van der Waals surface area contributed by atoms with Gasteiger partial charge in [0.2, 0.25) is 0 Å². The molecule has 14 rings (SSSR count). The highest BCUT2D eigenvalue weighted by Crippen LogP contribution is 2.54. The maximum Gasteiger partial charge on any atom is 0.159 e. The second kappa shape index (κ2) is 12.4. The summed E-state index contributed by atoms with van der Waals surface area (Å²) in [5.41, 5.74) is 20.4. The van der Waals surface area contributed by atoms with E-state index in [1.165, 1.54) is 44.5 Å². The van der Waals surface area contributed by atoms with Crippen molar-refractivity contribution in [2.24, 2.45) is 0 Å². The van der Waals surface area contributed by atoms with E-state index in [4.69, 9.17) is 13.3 Å². The number of benzene rings is 9. The first-order chi connectivity index (χ1) is 31.2. The van der Waals surface area contributed by atoms with Crippen LogP contribution in [0.15, 0.2) is 189 Å². The topological polar surface area (TPSA) is 42.7 Å². The minimum atomic E-state index is -0.173. The van der Waals surface area contributed by atoms with E-state index in [1.54, 1.807) is 0 Å². The second-order valence-electron chi connectivity index (χ2n) is 18.8. The normalized spacial score (nSPS) is 14.5. The Labute approximate surface area is 369 Å². The molecule has 0 saturated carbocycles. The van der Waals surface area contributed by atoms with Crippen molar-refractivity contribution in [3.05, 3.63) is 198 Å². The number of fused-ring (bicyclic) bond motifs is 15. The molecular weight excluding hydrogens is 783 g/mol. The van der Waals surface area contributed by atoms with Gasteiger partial charge in [-0.25, -0.2) is 0 Å². The Kier molecular flexibility index (Phi) is 6.94. The number of rotatable bonds is 4. The fraction of sp³-hybridized carbons (Fsp3) is 0.100. The minimum absolute atomic E-state index is 0.155. The first kappa shape index (κ1) is 35.7. The lowest BCUT2D eigenvalue weighted by atomic mass is 9.81. The average Bonchev–Trinajstić information content (AvgIpc) is 4.10. The van der Waals surface area contributed by atoms with Crippen LogP contribution in [-0.4, -0.2) is 0 Å². The highest BCUT2D eigenvalue weighted by atomic mass is 16.3. The fourth-order valence-corrected chi connectivity index (χ4v) is 11.5. The zero-order chi connectivity index (χ0) is 42.6. The number of furan rings is 3. The van der Waals surface area contributed by atoms with Crippen LogP contribution in [0.4, 0.5) is 17.1 Å². The van der Waals surface area contributed by atoms with Gasteiger partial charge in [-0.2, -0.15) is 0 Å². The molecule has 304 valence electrons. The highest BCUT2D eigenvalue weighted by Gasteiger charge is 2.37. The molecule has 0 aliphatic heterocycles. The Hall–Kier alpha value is -7.82. The molecule has 2 aliphatic rings. The third-order valence-corrected chi connectivity index (χ3v) is 14.7. The quantitative estimate of drug-likeness (QED) is 0.177. The molecular formula is C60H41NO3. The molecule has 4 heteroatoms. The molecule has 3 aromatic heterocycles. The van der Waals surface area contributed by atoms with Crippen molar-refractivity contribution >= 4 is 82.9 Å². The summed E-state index contributed by atoms with van der Waals surface area (Å²) in [7, 11) is 0. The molecule has 0 unspecified atom stereocenters. The molecule has 0 amide bonds. The zero-order valence-electron chi connectivity index (χ0n) is 35.9. The summed E-state index contributed by atoms with van der Waals surface area (Å²) in [6, 6.07) is 63.5. The predicted octanol–water partition coefficient (Wildman–Crippen LogP) is 17.1. The Morgan fingerprint density at radius 3 is 1.69 bits per heavy atom. The van der Waals surface area contributed by atoms with Crippen LogP contribution < -0.4 is 4.90 Å². The van der Waals surface area contributed by atoms with Crippen molar-refractivity contribution in [2.75, 3.05) is 4.90 Å². The van der Waals surface area contributed by atoms with E-state index in [1.807, 2.05) is 12.1 Å². The maximum absolute atomic E-state index is 7.10. The van der Waals surface area contributed by atoms with Crippen LogP contribution >= 0.6 is 0 Å². The van der Waals surface area contributed by atoms with Gasteiger partial charge in [-0.1, -0.05) is 143 Å². The smallest absolute Gasteiger partial charge is 0.159 e. The van der Waals surface area contributed by atoms with Gasteiger partial charge < -0.3 is 18.2 Å².